The summed E-state index contributed by atoms with van der Waals surface area (Å²) in [7, 11) is 3.27. The van der Waals surface area contributed by atoms with Gasteiger partial charge in [-0.25, -0.2) is 0 Å². The van der Waals surface area contributed by atoms with E-state index in [1.807, 2.05) is 24.3 Å². The number of ether oxygens (including phenoxy) is 3. The number of carbonyl (C=O) groups is 1. The van der Waals surface area contributed by atoms with Crippen LogP contribution in [-0.4, -0.2) is 26.6 Å². The van der Waals surface area contributed by atoms with Crippen molar-refractivity contribution in [3.63, 3.8) is 0 Å². The maximum Gasteiger partial charge on any atom is 0.200 e. The van der Waals surface area contributed by atoms with Gasteiger partial charge in [-0.05, 0) is 42.9 Å². The van der Waals surface area contributed by atoms with Crippen LogP contribution in [0.4, 0.5) is 0 Å². The molecule has 0 unspecified atom stereocenters. The van der Waals surface area contributed by atoms with Crippen molar-refractivity contribution in [3.8, 4) is 11.5 Å². The monoisotopic (exact) mass is 288 g/mol. The van der Waals surface area contributed by atoms with E-state index in [2.05, 4.69) is 0 Å². The summed E-state index contributed by atoms with van der Waals surface area (Å²) in [5, 5.41) is 0. The molecule has 1 saturated carbocycles. The van der Waals surface area contributed by atoms with Crippen molar-refractivity contribution in [1.29, 1.82) is 0 Å². The number of allylic oxidation sites excluding steroid dienone is 2. The van der Waals surface area contributed by atoms with E-state index in [1.54, 1.807) is 14.2 Å². The average Bonchev–Trinajstić information content (AvgIpc) is 3.34. The van der Waals surface area contributed by atoms with Gasteiger partial charge in [0.1, 0.15) is 11.5 Å². The molecular weight excluding hydrogens is 268 g/mol. The SMILES string of the molecule is COc1ccc([C@@H]2C[C@H]2C(=O)C2=CCCCO2)c(OC)c1. The Labute approximate surface area is 124 Å². The summed E-state index contributed by atoms with van der Waals surface area (Å²) in [6.45, 7) is 0.654. The standard InChI is InChI=1S/C17H20O4/c1-19-11-6-7-12(16(9-11)20-2)13-10-14(13)17(18)15-5-3-4-8-21-15/h5-7,9,13-14H,3-4,8,10H2,1-2H3/t13-,14+/m0/s1. The van der Waals surface area contributed by atoms with Crippen LogP contribution in [0.1, 0.15) is 30.7 Å². The van der Waals surface area contributed by atoms with Gasteiger partial charge in [0.25, 0.3) is 0 Å². The molecule has 21 heavy (non-hydrogen) atoms. The van der Waals surface area contributed by atoms with Crippen molar-refractivity contribution in [2.24, 2.45) is 5.92 Å². The molecular formula is C17H20O4. The second-order valence-electron chi connectivity index (χ2n) is 5.48. The quantitative estimate of drug-likeness (QED) is 0.835. The summed E-state index contributed by atoms with van der Waals surface area (Å²) < 4.78 is 16.1. The van der Waals surface area contributed by atoms with Gasteiger partial charge in [0, 0.05) is 12.0 Å². The number of hydrogen-bond donors (Lipinski definition) is 0. The fourth-order valence-electron chi connectivity index (χ4n) is 2.87. The summed E-state index contributed by atoms with van der Waals surface area (Å²) in [5.74, 6) is 2.49. The van der Waals surface area contributed by atoms with E-state index in [1.165, 1.54) is 0 Å². The molecule has 0 N–H and O–H groups in total. The molecule has 0 spiro atoms. The van der Waals surface area contributed by atoms with Gasteiger partial charge < -0.3 is 14.2 Å². The lowest BCUT2D eigenvalue weighted by atomic mass is 10.0. The Morgan fingerprint density at radius 1 is 1.29 bits per heavy atom. The van der Waals surface area contributed by atoms with Crippen molar-refractivity contribution in [3.05, 3.63) is 35.6 Å². The lowest BCUT2D eigenvalue weighted by molar-refractivity contribution is -0.120. The van der Waals surface area contributed by atoms with E-state index in [4.69, 9.17) is 14.2 Å². The van der Waals surface area contributed by atoms with E-state index >= 15 is 0 Å². The number of carbonyl (C=O) groups excluding carboxylic acids is 1. The Kier molecular flexibility index (Phi) is 3.86. The third kappa shape index (κ3) is 2.75. The third-order valence-corrected chi connectivity index (χ3v) is 4.15. The maximum absolute atomic E-state index is 12.4. The van der Waals surface area contributed by atoms with Gasteiger partial charge in [0.2, 0.25) is 5.78 Å². The largest absolute Gasteiger partial charge is 0.497 e. The topological polar surface area (TPSA) is 44.8 Å². The molecule has 0 aromatic heterocycles. The van der Waals surface area contributed by atoms with E-state index < -0.39 is 0 Å². The molecule has 4 heteroatoms. The van der Waals surface area contributed by atoms with Crippen LogP contribution in [0.15, 0.2) is 30.0 Å². The Hall–Kier alpha value is -1.97. The van der Waals surface area contributed by atoms with Crippen molar-refractivity contribution >= 4 is 5.78 Å². The van der Waals surface area contributed by atoms with E-state index in [-0.39, 0.29) is 17.6 Å². The highest BCUT2D eigenvalue weighted by molar-refractivity contribution is 5.98. The van der Waals surface area contributed by atoms with E-state index in [0.717, 1.165) is 36.3 Å². The molecule has 0 radical (unpaired) electrons. The van der Waals surface area contributed by atoms with E-state index in [9.17, 15) is 4.79 Å². The Balaban J connectivity index is 1.75. The van der Waals surface area contributed by atoms with Crippen LogP contribution >= 0.6 is 0 Å². The highest BCUT2D eigenvalue weighted by Crippen LogP contribution is 2.52. The smallest absolute Gasteiger partial charge is 0.200 e. The summed E-state index contributed by atoms with van der Waals surface area (Å²) >= 11 is 0. The van der Waals surface area contributed by atoms with Crippen LogP contribution in [0, 0.1) is 5.92 Å². The van der Waals surface area contributed by atoms with Gasteiger partial charge in [-0.3, -0.25) is 4.79 Å². The molecule has 3 rings (SSSR count). The number of rotatable bonds is 5. The minimum absolute atomic E-state index is 0.0247. The molecule has 0 bridgehead atoms. The van der Waals surface area contributed by atoms with Crippen LogP contribution in [-0.2, 0) is 9.53 Å². The summed E-state index contributed by atoms with van der Waals surface area (Å²) in [6.07, 6.45) is 4.72. The third-order valence-electron chi connectivity index (χ3n) is 4.15. The molecule has 2 atom stereocenters. The second-order valence-corrected chi connectivity index (χ2v) is 5.48. The zero-order valence-corrected chi connectivity index (χ0v) is 12.4. The summed E-state index contributed by atoms with van der Waals surface area (Å²) in [4.78, 5) is 12.4. The first-order valence-corrected chi connectivity index (χ1v) is 7.33. The molecule has 0 saturated heterocycles. The van der Waals surface area contributed by atoms with Crippen LogP contribution in [0.25, 0.3) is 0 Å². The predicted molar refractivity (Wildman–Crippen MR) is 78.7 cm³/mol. The Morgan fingerprint density at radius 2 is 2.14 bits per heavy atom. The minimum Gasteiger partial charge on any atom is -0.497 e. The Bertz CT molecular complexity index is 576. The lowest BCUT2D eigenvalue weighted by Crippen LogP contribution is -2.13. The van der Waals surface area contributed by atoms with Gasteiger partial charge in [-0.15, -0.1) is 0 Å². The Morgan fingerprint density at radius 3 is 2.81 bits per heavy atom. The highest BCUT2D eigenvalue weighted by atomic mass is 16.5. The first-order valence-electron chi connectivity index (χ1n) is 7.33. The number of Topliss-reactive ketones (excluding diaryl/α,β-unsaturated/α-hetero) is 1. The molecule has 112 valence electrons. The number of methoxy groups -OCH3 is 2. The fraction of sp³-hybridized carbons (Fsp3) is 0.471. The van der Waals surface area contributed by atoms with E-state index in [0.29, 0.717) is 12.4 Å². The molecule has 1 heterocycles. The molecule has 2 aliphatic rings. The van der Waals surface area contributed by atoms with Crippen LogP contribution in [0.2, 0.25) is 0 Å². The lowest BCUT2D eigenvalue weighted by Gasteiger charge is -2.14. The molecule has 4 nitrogen and oxygen atoms in total. The number of ketones is 1. The van der Waals surface area contributed by atoms with Crippen LogP contribution < -0.4 is 9.47 Å². The first kappa shape index (κ1) is 14.0. The number of benzene rings is 1. The normalized spacial score (nSPS) is 23.8. The molecule has 1 fully saturated rings. The van der Waals surface area contributed by atoms with Gasteiger partial charge in [0.05, 0.1) is 20.8 Å². The van der Waals surface area contributed by atoms with Crippen LogP contribution in [0.3, 0.4) is 0 Å². The number of hydrogen-bond acceptors (Lipinski definition) is 4. The predicted octanol–water partition coefficient (Wildman–Crippen LogP) is 3.07. The maximum atomic E-state index is 12.4. The summed E-state index contributed by atoms with van der Waals surface area (Å²) in [5.41, 5.74) is 1.08. The van der Waals surface area contributed by atoms with Crippen molar-refractivity contribution in [2.75, 3.05) is 20.8 Å². The average molecular weight is 288 g/mol. The zero-order valence-electron chi connectivity index (χ0n) is 12.4. The minimum atomic E-state index is 0.0247. The molecule has 0 amide bonds. The fourth-order valence-corrected chi connectivity index (χ4v) is 2.87. The zero-order chi connectivity index (χ0) is 14.8. The molecule has 1 aromatic carbocycles. The van der Waals surface area contributed by atoms with Crippen LogP contribution in [0.5, 0.6) is 11.5 Å². The van der Waals surface area contributed by atoms with Gasteiger partial charge >= 0.3 is 0 Å². The van der Waals surface area contributed by atoms with Crippen molar-refractivity contribution in [2.45, 2.75) is 25.2 Å². The molecule has 1 aliphatic carbocycles. The molecule has 1 aromatic rings. The molecule has 1 aliphatic heterocycles. The van der Waals surface area contributed by atoms with Gasteiger partial charge in [0.15, 0.2) is 5.76 Å². The highest BCUT2D eigenvalue weighted by Gasteiger charge is 2.46. The second kappa shape index (κ2) is 5.80. The van der Waals surface area contributed by atoms with Gasteiger partial charge in [-0.2, -0.15) is 0 Å². The van der Waals surface area contributed by atoms with Gasteiger partial charge in [-0.1, -0.05) is 6.07 Å². The van der Waals surface area contributed by atoms with Crippen molar-refractivity contribution < 1.29 is 19.0 Å². The first-order chi connectivity index (χ1) is 10.2. The van der Waals surface area contributed by atoms with Crippen molar-refractivity contribution in [1.82, 2.24) is 0 Å². The summed E-state index contributed by atoms with van der Waals surface area (Å²) in [6, 6.07) is 5.77.